The summed E-state index contributed by atoms with van der Waals surface area (Å²) in [5.74, 6) is -3.61. The first-order valence-electron chi connectivity index (χ1n) is 3.35. The van der Waals surface area contributed by atoms with Gasteiger partial charge in [0.2, 0.25) is 0 Å². The number of nitrogens with zero attached hydrogens (tertiary/aromatic N) is 1. The van der Waals surface area contributed by atoms with Gasteiger partial charge < -0.3 is 21.1 Å². The predicted octanol–water partition coefficient (Wildman–Crippen LogP) is -5.36. The monoisotopic (exact) mass is 212 g/mol. The van der Waals surface area contributed by atoms with Crippen molar-refractivity contribution in [3.63, 3.8) is 0 Å². The second kappa shape index (κ2) is 7.74. The molecule has 0 rings (SSSR count). The van der Waals surface area contributed by atoms with E-state index in [2.05, 4.69) is 4.99 Å². The summed E-state index contributed by atoms with van der Waals surface area (Å²) in [4.78, 5) is 23.5. The number of carbonyl (C=O) groups is 2. The smallest absolute Gasteiger partial charge is 0.861 e. The van der Waals surface area contributed by atoms with Gasteiger partial charge in [0.15, 0.2) is 6.04 Å². The molecule has 0 radical (unpaired) electrons. The average Bonchev–Trinajstić information content (AvgIpc) is 2.02. The molecule has 0 amide bonds. The van der Waals surface area contributed by atoms with Gasteiger partial charge >= 0.3 is 41.5 Å². The van der Waals surface area contributed by atoms with Crippen LogP contribution in [0.25, 0.3) is 0 Å². The second-order valence-electron chi connectivity index (χ2n) is 2.18. The summed E-state index contributed by atoms with van der Waals surface area (Å²) in [6, 6.07) is -1.55. The van der Waals surface area contributed by atoms with E-state index in [-0.39, 0.29) is 29.6 Å². The van der Waals surface area contributed by atoms with Gasteiger partial charge in [0.05, 0.1) is 6.42 Å². The van der Waals surface area contributed by atoms with Crippen LogP contribution in [0, 0.1) is 0 Å². The minimum Gasteiger partial charge on any atom is -0.861 e. The van der Waals surface area contributed by atoms with Crippen LogP contribution in [0.1, 0.15) is 6.42 Å². The van der Waals surface area contributed by atoms with Crippen LogP contribution in [0.3, 0.4) is 0 Å². The Labute approximate surface area is 102 Å². The van der Waals surface area contributed by atoms with Gasteiger partial charge in [-0.2, -0.15) is 0 Å². The number of rotatable bonds is 5. The van der Waals surface area contributed by atoms with E-state index >= 15 is 0 Å². The van der Waals surface area contributed by atoms with E-state index in [4.69, 9.17) is 15.9 Å². The molecule has 74 valence electrons. The molecule has 0 heterocycles. The predicted molar refractivity (Wildman–Crippen MR) is 40.2 cm³/mol. The third-order valence-corrected chi connectivity index (χ3v) is 1.13. The van der Waals surface area contributed by atoms with Gasteiger partial charge in [0.1, 0.15) is 0 Å². The number of hydrogen-bond acceptors (Lipinski definition) is 5. The van der Waals surface area contributed by atoms with E-state index in [9.17, 15) is 14.7 Å². The zero-order chi connectivity index (χ0) is 10.4. The first-order valence-corrected chi connectivity index (χ1v) is 3.35. The minimum atomic E-state index is -1.55. The Kier molecular flexibility index (Phi) is 8.75. The molecule has 14 heavy (non-hydrogen) atoms. The van der Waals surface area contributed by atoms with Gasteiger partial charge in [0.25, 0.3) is 0 Å². The molecule has 1 atom stereocenters. The van der Waals surface area contributed by atoms with Crippen LogP contribution in [0.15, 0.2) is 4.99 Å². The molecule has 0 saturated heterocycles. The number of aliphatic imine (C=N–C) groups is 1. The molecule has 0 aromatic rings. The quantitative estimate of drug-likeness (QED) is 0.236. The summed E-state index contributed by atoms with van der Waals surface area (Å²) >= 11 is 0. The second-order valence-corrected chi connectivity index (χ2v) is 2.18. The van der Waals surface area contributed by atoms with E-state index in [0.29, 0.717) is 0 Å². The summed E-state index contributed by atoms with van der Waals surface area (Å²) in [6.45, 7) is -0.427. The molecule has 0 aliphatic rings. The summed E-state index contributed by atoms with van der Waals surface area (Å²) in [5, 5.41) is 27.2. The Balaban J connectivity index is 0. The SMILES string of the molecule is NCC([O-])=N[C@@H](CC(=O)O)C(=O)O.[Na+]. The van der Waals surface area contributed by atoms with E-state index in [1.54, 1.807) is 0 Å². The fraction of sp³-hybridized carbons (Fsp3) is 0.500. The summed E-state index contributed by atoms with van der Waals surface area (Å²) in [5.41, 5.74) is 4.87. The molecule has 7 nitrogen and oxygen atoms in total. The molecule has 0 aromatic heterocycles. The minimum absolute atomic E-state index is 0. The van der Waals surface area contributed by atoms with Crippen molar-refractivity contribution in [2.45, 2.75) is 12.5 Å². The van der Waals surface area contributed by atoms with Gasteiger partial charge in [0, 0.05) is 6.54 Å². The number of hydrogen-bond donors (Lipinski definition) is 3. The third-order valence-electron chi connectivity index (χ3n) is 1.13. The fourth-order valence-electron chi connectivity index (χ4n) is 0.580. The molecule has 0 unspecified atom stereocenters. The maximum Gasteiger partial charge on any atom is 1.00 e. The first-order chi connectivity index (χ1) is 5.97. The third kappa shape index (κ3) is 6.84. The Bertz CT molecular complexity index is 242. The van der Waals surface area contributed by atoms with Gasteiger partial charge in [-0.3, -0.25) is 9.79 Å². The van der Waals surface area contributed by atoms with Gasteiger partial charge in [-0.25, -0.2) is 4.79 Å². The summed E-state index contributed by atoms with van der Waals surface area (Å²) in [7, 11) is 0. The first kappa shape index (κ1) is 15.8. The van der Waals surface area contributed by atoms with E-state index in [1.807, 2.05) is 0 Å². The molecular formula is C6H9N2NaO5. The van der Waals surface area contributed by atoms with Crippen molar-refractivity contribution < 1.29 is 54.5 Å². The molecule has 4 N–H and O–H groups in total. The van der Waals surface area contributed by atoms with E-state index < -0.39 is 36.8 Å². The Morgan fingerprint density at radius 2 is 1.93 bits per heavy atom. The van der Waals surface area contributed by atoms with Crippen LogP contribution in [0.5, 0.6) is 0 Å². The van der Waals surface area contributed by atoms with Crippen molar-refractivity contribution in [2.75, 3.05) is 6.54 Å². The van der Waals surface area contributed by atoms with Crippen molar-refractivity contribution in [3.05, 3.63) is 0 Å². The molecule has 0 aliphatic heterocycles. The zero-order valence-corrected chi connectivity index (χ0v) is 9.64. The van der Waals surface area contributed by atoms with Crippen LogP contribution in [-0.4, -0.2) is 40.6 Å². The van der Waals surface area contributed by atoms with Crippen LogP contribution in [0.4, 0.5) is 0 Å². The standard InChI is InChI=1S/C6H10N2O5.Na/c7-2-4(9)8-3(6(12)13)1-5(10)11;/h3H,1-2,7H2,(H,8,9)(H,10,11)(H,12,13);/q;+1/p-1/t3-;/m0./s1. The maximum atomic E-state index is 10.6. The number of nitrogens with two attached hydrogens (primary N) is 1. The van der Waals surface area contributed by atoms with Crippen LogP contribution >= 0.6 is 0 Å². The summed E-state index contributed by atoms with van der Waals surface area (Å²) in [6.07, 6.45) is -0.721. The van der Waals surface area contributed by atoms with E-state index in [1.165, 1.54) is 0 Å². The molecule has 8 heteroatoms. The maximum absolute atomic E-state index is 10.6. The van der Waals surface area contributed by atoms with Gasteiger partial charge in [-0.05, 0) is 5.90 Å². The van der Waals surface area contributed by atoms with Crippen molar-refractivity contribution in [3.8, 4) is 0 Å². The average molecular weight is 212 g/mol. The van der Waals surface area contributed by atoms with Crippen LogP contribution < -0.4 is 40.4 Å². The van der Waals surface area contributed by atoms with Crippen LogP contribution in [-0.2, 0) is 9.59 Å². The molecule has 0 saturated carbocycles. The molecule has 0 aliphatic carbocycles. The Morgan fingerprint density at radius 1 is 1.43 bits per heavy atom. The topological polar surface area (TPSA) is 136 Å². The van der Waals surface area contributed by atoms with E-state index in [0.717, 1.165) is 0 Å². The molecule has 0 spiro atoms. The number of carboxylic acid groups (broad SMARTS) is 2. The Morgan fingerprint density at radius 3 is 2.21 bits per heavy atom. The van der Waals surface area contributed by atoms with Crippen molar-refractivity contribution in [1.82, 2.24) is 0 Å². The van der Waals surface area contributed by atoms with Crippen molar-refractivity contribution in [2.24, 2.45) is 10.7 Å². The van der Waals surface area contributed by atoms with Crippen molar-refractivity contribution >= 4 is 17.8 Å². The largest absolute Gasteiger partial charge is 1.00 e. The Hall–Kier alpha value is -0.630. The molecule has 0 aromatic carbocycles. The van der Waals surface area contributed by atoms with Crippen molar-refractivity contribution in [1.29, 1.82) is 0 Å². The number of aliphatic carboxylic acids is 2. The zero-order valence-electron chi connectivity index (χ0n) is 7.64. The van der Waals surface area contributed by atoms with Gasteiger partial charge in [-0.1, -0.05) is 0 Å². The normalized spacial score (nSPS) is 12.8. The molecule has 0 bridgehead atoms. The van der Waals surface area contributed by atoms with Crippen LogP contribution in [0.2, 0.25) is 0 Å². The summed E-state index contributed by atoms with van der Waals surface area (Å²) < 4.78 is 0. The fourth-order valence-corrected chi connectivity index (χ4v) is 0.580. The van der Waals surface area contributed by atoms with Gasteiger partial charge in [-0.15, -0.1) is 0 Å². The number of carboxylic acids is 2. The molecular weight excluding hydrogens is 203 g/mol. The molecule has 0 fully saturated rings.